The van der Waals surface area contributed by atoms with Crippen LogP contribution in [0, 0.1) is 28.8 Å². The number of hydrogen-bond acceptors (Lipinski definition) is 3. The number of nitriles is 1. The predicted molar refractivity (Wildman–Crippen MR) is 116 cm³/mol. The van der Waals surface area contributed by atoms with Gasteiger partial charge in [0.05, 0.1) is 17.7 Å². The Balaban J connectivity index is 1.83. The summed E-state index contributed by atoms with van der Waals surface area (Å²) in [4.78, 5) is 14.6. The van der Waals surface area contributed by atoms with Gasteiger partial charge in [0.1, 0.15) is 17.7 Å². The van der Waals surface area contributed by atoms with Gasteiger partial charge in [-0.1, -0.05) is 18.2 Å². The molecule has 2 atom stereocenters. The number of ether oxygens (including phenoxy) is 1. The summed E-state index contributed by atoms with van der Waals surface area (Å²) in [5, 5.41) is 9.06. The summed E-state index contributed by atoms with van der Waals surface area (Å²) in [5.41, 5.74) is 1.37. The van der Waals surface area contributed by atoms with Crippen LogP contribution in [0.4, 0.5) is 13.2 Å². The lowest BCUT2D eigenvalue weighted by Gasteiger charge is -2.39. The molecule has 1 saturated heterocycles. The lowest BCUT2D eigenvalue weighted by atomic mass is 9.92. The number of carbonyl (C=O) groups is 1. The van der Waals surface area contributed by atoms with Gasteiger partial charge in [-0.3, -0.25) is 4.79 Å². The third-order valence-electron chi connectivity index (χ3n) is 5.71. The van der Waals surface area contributed by atoms with E-state index in [-0.39, 0.29) is 5.91 Å². The standard InChI is InChI=1S/C26H21F3N2O2/c27-20-9-6-18(7-10-20)25(31-14-2-1-3-24(31)32)26(19-8-13-22(28)23(29)15-19)33-21-11-4-17(16-30)5-12-21/h4-13,15,25-26H,1-3,14H2/t25-,26+/m1/s1. The van der Waals surface area contributed by atoms with E-state index in [1.54, 1.807) is 41.3 Å². The summed E-state index contributed by atoms with van der Waals surface area (Å²) >= 11 is 0. The number of amides is 1. The number of likely N-dealkylation sites (tertiary alicyclic amines) is 1. The number of rotatable bonds is 6. The Kier molecular flexibility index (Phi) is 6.64. The van der Waals surface area contributed by atoms with Crippen LogP contribution in [-0.4, -0.2) is 17.4 Å². The third-order valence-corrected chi connectivity index (χ3v) is 5.71. The third kappa shape index (κ3) is 5.01. The van der Waals surface area contributed by atoms with Crippen LogP contribution >= 0.6 is 0 Å². The van der Waals surface area contributed by atoms with E-state index in [9.17, 15) is 18.0 Å². The highest BCUT2D eigenvalue weighted by molar-refractivity contribution is 5.77. The van der Waals surface area contributed by atoms with E-state index < -0.39 is 29.6 Å². The van der Waals surface area contributed by atoms with E-state index in [4.69, 9.17) is 10.00 Å². The molecule has 0 aliphatic carbocycles. The first-order valence-corrected chi connectivity index (χ1v) is 10.6. The van der Waals surface area contributed by atoms with Crippen molar-refractivity contribution in [1.82, 2.24) is 4.90 Å². The number of halogens is 3. The van der Waals surface area contributed by atoms with Crippen molar-refractivity contribution in [2.24, 2.45) is 0 Å². The van der Waals surface area contributed by atoms with Crippen LogP contribution in [0.25, 0.3) is 0 Å². The van der Waals surface area contributed by atoms with Gasteiger partial charge in [-0.2, -0.15) is 5.26 Å². The van der Waals surface area contributed by atoms with Crippen LogP contribution in [0.15, 0.2) is 66.7 Å². The van der Waals surface area contributed by atoms with Crippen molar-refractivity contribution in [1.29, 1.82) is 5.26 Å². The summed E-state index contributed by atoms with van der Waals surface area (Å²) in [6.45, 7) is 0.456. The minimum atomic E-state index is -1.04. The fourth-order valence-corrected chi connectivity index (χ4v) is 4.06. The van der Waals surface area contributed by atoms with E-state index in [0.29, 0.717) is 35.4 Å². The molecule has 0 radical (unpaired) electrons. The molecular weight excluding hydrogens is 429 g/mol. The van der Waals surface area contributed by atoms with Crippen LogP contribution in [0.5, 0.6) is 5.75 Å². The topological polar surface area (TPSA) is 53.3 Å². The van der Waals surface area contributed by atoms with Gasteiger partial charge in [-0.25, -0.2) is 13.2 Å². The zero-order valence-corrected chi connectivity index (χ0v) is 17.7. The molecule has 1 aliphatic rings. The Morgan fingerprint density at radius 3 is 2.21 bits per heavy atom. The Labute approximate surface area is 189 Å². The maximum Gasteiger partial charge on any atom is 0.223 e. The van der Waals surface area contributed by atoms with Crippen LogP contribution in [0.1, 0.15) is 48.1 Å². The molecule has 1 heterocycles. The van der Waals surface area contributed by atoms with E-state index >= 15 is 0 Å². The minimum absolute atomic E-state index is 0.0911. The van der Waals surface area contributed by atoms with Crippen molar-refractivity contribution in [2.75, 3.05) is 6.54 Å². The number of hydrogen-bond donors (Lipinski definition) is 0. The molecule has 168 valence electrons. The molecule has 3 aromatic carbocycles. The lowest BCUT2D eigenvalue weighted by Crippen LogP contribution is -2.42. The van der Waals surface area contributed by atoms with Crippen molar-refractivity contribution >= 4 is 5.91 Å². The molecule has 0 N–H and O–H groups in total. The zero-order valence-electron chi connectivity index (χ0n) is 17.7. The van der Waals surface area contributed by atoms with Crippen molar-refractivity contribution in [3.63, 3.8) is 0 Å². The van der Waals surface area contributed by atoms with Crippen molar-refractivity contribution in [2.45, 2.75) is 31.4 Å². The second-order valence-corrected chi connectivity index (χ2v) is 7.89. The molecule has 4 nitrogen and oxygen atoms in total. The summed E-state index contributed by atoms with van der Waals surface area (Å²) < 4.78 is 47.9. The summed E-state index contributed by atoms with van der Waals surface area (Å²) in [5.74, 6) is -2.17. The highest BCUT2D eigenvalue weighted by Gasteiger charge is 2.36. The molecule has 0 saturated carbocycles. The van der Waals surface area contributed by atoms with Gasteiger partial charge in [0.15, 0.2) is 11.6 Å². The first-order valence-electron chi connectivity index (χ1n) is 10.6. The van der Waals surface area contributed by atoms with Gasteiger partial charge in [0.25, 0.3) is 0 Å². The molecule has 7 heteroatoms. The summed E-state index contributed by atoms with van der Waals surface area (Å²) in [6, 6.07) is 16.9. The predicted octanol–water partition coefficient (Wildman–Crippen LogP) is 5.85. The molecule has 0 bridgehead atoms. The number of benzene rings is 3. The quantitative estimate of drug-likeness (QED) is 0.473. The fourth-order valence-electron chi connectivity index (χ4n) is 4.06. The van der Waals surface area contributed by atoms with Gasteiger partial charge >= 0.3 is 0 Å². The first kappa shape index (κ1) is 22.4. The average Bonchev–Trinajstić information content (AvgIpc) is 2.83. The molecule has 0 spiro atoms. The van der Waals surface area contributed by atoms with E-state index in [0.717, 1.165) is 25.0 Å². The average molecular weight is 450 g/mol. The monoisotopic (exact) mass is 450 g/mol. The highest BCUT2D eigenvalue weighted by Crippen LogP contribution is 2.40. The number of piperidine rings is 1. The molecule has 33 heavy (non-hydrogen) atoms. The molecule has 4 rings (SSSR count). The maximum atomic E-state index is 14.2. The minimum Gasteiger partial charge on any atom is -0.483 e. The Morgan fingerprint density at radius 1 is 0.879 bits per heavy atom. The molecule has 0 unspecified atom stereocenters. The van der Waals surface area contributed by atoms with Crippen LogP contribution < -0.4 is 4.74 Å². The SMILES string of the molecule is N#Cc1ccc(O[C@@H](c2ccc(F)c(F)c2)[C@@H](c2ccc(F)cc2)N2CCCCC2=O)cc1. The van der Waals surface area contributed by atoms with Gasteiger partial charge < -0.3 is 9.64 Å². The zero-order chi connectivity index (χ0) is 23.4. The smallest absolute Gasteiger partial charge is 0.223 e. The molecular formula is C26H21F3N2O2. The summed E-state index contributed by atoms with van der Waals surface area (Å²) in [6.07, 6.45) is 0.988. The molecule has 1 aliphatic heterocycles. The van der Waals surface area contributed by atoms with Crippen molar-refractivity contribution in [3.8, 4) is 11.8 Å². The Morgan fingerprint density at radius 2 is 1.58 bits per heavy atom. The van der Waals surface area contributed by atoms with E-state index in [2.05, 4.69) is 0 Å². The Hall–Kier alpha value is -3.79. The second-order valence-electron chi connectivity index (χ2n) is 7.89. The fraction of sp³-hybridized carbons (Fsp3) is 0.231. The van der Waals surface area contributed by atoms with Crippen molar-refractivity contribution in [3.05, 3.63) is 101 Å². The number of nitrogens with zero attached hydrogens (tertiary/aromatic N) is 2. The first-order chi connectivity index (χ1) is 16.0. The molecule has 1 fully saturated rings. The van der Waals surface area contributed by atoms with Crippen LogP contribution in [0.2, 0.25) is 0 Å². The number of carbonyl (C=O) groups excluding carboxylic acids is 1. The molecule has 3 aromatic rings. The normalized spacial score (nSPS) is 15.6. The Bertz CT molecular complexity index is 1170. The maximum absolute atomic E-state index is 14.2. The lowest BCUT2D eigenvalue weighted by molar-refractivity contribution is -0.138. The van der Waals surface area contributed by atoms with E-state index in [1.807, 2.05) is 6.07 Å². The van der Waals surface area contributed by atoms with E-state index in [1.165, 1.54) is 18.2 Å². The highest BCUT2D eigenvalue weighted by atomic mass is 19.2. The second kappa shape index (κ2) is 9.78. The van der Waals surface area contributed by atoms with Crippen molar-refractivity contribution < 1.29 is 22.7 Å². The van der Waals surface area contributed by atoms with Crippen LogP contribution in [0.3, 0.4) is 0 Å². The van der Waals surface area contributed by atoms with Gasteiger partial charge in [0.2, 0.25) is 5.91 Å². The van der Waals surface area contributed by atoms with Gasteiger partial charge in [-0.15, -0.1) is 0 Å². The largest absolute Gasteiger partial charge is 0.483 e. The van der Waals surface area contributed by atoms with Gasteiger partial charge in [-0.05, 0) is 72.5 Å². The van der Waals surface area contributed by atoms with Crippen LogP contribution in [-0.2, 0) is 4.79 Å². The van der Waals surface area contributed by atoms with Gasteiger partial charge in [0, 0.05) is 13.0 Å². The molecule has 1 amide bonds. The molecule has 0 aromatic heterocycles. The summed E-state index contributed by atoms with van der Waals surface area (Å²) in [7, 11) is 0.